The Morgan fingerprint density at radius 2 is 1.69 bits per heavy atom. The van der Waals surface area contributed by atoms with E-state index >= 15 is 0 Å². The molecule has 188 valence electrons. The van der Waals surface area contributed by atoms with E-state index in [4.69, 9.17) is 21.1 Å². The SMILES string of the molecule is COc1ccc(CN(CC(=O)O)C(=O)CCc2ccc3c(c2)CC(C)(Cc2ccc(Cl)cc2)O3)cc1. The van der Waals surface area contributed by atoms with Gasteiger partial charge in [0.1, 0.15) is 23.6 Å². The van der Waals surface area contributed by atoms with Crippen molar-refractivity contribution in [1.29, 1.82) is 0 Å². The van der Waals surface area contributed by atoms with Gasteiger partial charge >= 0.3 is 5.97 Å². The number of aliphatic carboxylic acids is 1. The Hall–Kier alpha value is -3.51. The van der Waals surface area contributed by atoms with Crippen LogP contribution >= 0.6 is 11.6 Å². The summed E-state index contributed by atoms with van der Waals surface area (Å²) in [4.78, 5) is 25.7. The maximum absolute atomic E-state index is 12.9. The van der Waals surface area contributed by atoms with Crippen LogP contribution in [0.4, 0.5) is 0 Å². The minimum absolute atomic E-state index is 0.197. The number of carboxylic acid groups (broad SMARTS) is 1. The monoisotopic (exact) mass is 507 g/mol. The highest BCUT2D eigenvalue weighted by Gasteiger charge is 2.35. The van der Waals surface area contributed by atoms with Crippen molar-refractivity contribution in [2.24, 2.45) is 0 Å². The van der Waals surface area contributed by atoms with Crippen molar-refractivity contribution >= 4 is 23.5 Å². The van der Waals surface area contributed by atoms with Crippen LogP contribution in [-0.4, -0.2) is 41.1 Å². The van der Waals surface area contributed by atoms with Crippen LogP contribution in [0.5, 0.6) is 11.5 Å². The molecular weight excluding hydrogens is 478 g/mol. The number of halogens is 1. The molecule has 0 aliphatic carbocycles. The molecule has 7 heteroatoms. The number of nitrogens with zero attached hydrogens (tertiary/aromatic N) is 1. The maximum Gasteiger partial charge on any atom is 0.323 e. The van der Waals surface area contributed by atoms with Gasteiger partial charge < -0.3 is 19.5 Å². The van der Waals surface area contributed by atoms with Gasteiger partial charge in [-0.3, -0.25) is 9.59 Å². The minimum Gasteiger partial charge on any atom is -0.497 e. The Bertz CT molecular complexity index is 1230. The van der Waals surface area contributed by atoms with Crippen LogP contribution in [-0.2, 0) is 35.4 Å². The van der Waals surface area contributed by atoms with Gasteiger partial charge in [0.25, 0.3) is 0 Å². The number of benzene rings is 3. The van der Waals surface area contributed by atoms with Crippen molar-refractivity contribution in [3.8, 4) is 11.5 Å². The van der Waals surface area contributed by atoms with Crippen molar-refractivity contribution in [2.75, 3.05) is 13.7 Å². The van der Waals surface area contributed by atoms with Crippen LogP contribution in [0, 0.1) is 0 Å². The van der Waals surface area contributed by atoms with E-state index in [9.17, 15) is 14.7 Å². The average Bonchev–Trinajstić information content (AvgIpc) is 3.18. The second-order valence-corrected chi connectivity index (χ2v) is 9.90. The van der Waals surface area contributed by atoms with Crippen LogP contribution in [0.1, 0.15) is 35.6 Å². The molecule has 0 spiro atoms. The molecule has 0 saturated heterocycles. The van der Waals surface area contributed by atoms with E-state index in [1.807, 2.05) is 48.5 Å². The zero-order valence-corrected chi connectivity index (χ0v) is 21.3. The number of fused-ring (bicyclic) bond motifs is 1. The third-order valence-corrected chi connectivity index (χ3v) is 6.63. The summed E-state index contributed by atoms with van der Waals surface area (Å²) in [7, 11) is 1.58. The van der Waals surface area contributed by atoms with E-state index in [0.29, 0.717) is 17.2 Å². The Morgan fingerprint density at radius 1 is 1.03 bits per heavy atom. The number of carboxylic acids is 1. The summed E-state index contributed by atoms with van der Waals surface area (Å²) in [5.74, 6) is 0.345. The molecule has 0 fully saturated rings. The van der Waals surface area contributed by atoms with Gasteiger partial charge in [0.2, 0.25) is 5.91 Å². The number of amides is 1. The molecule has 1 atom stereocenters. The zero-order valence-electron chi connectivity index (χ0n) is 20.5. The topological polar surface area (TPSA) is 76.1 Å². The minimum atomic E-state index is -1.04. The first-order valence-corrected chi connectivity index (χ1v) is 12.3. The first-order valence-electron chi connectivity index (χ1n) is 11.9. The van der Waals surface area contributed by atoms with Crippen molar-refractivity contribution < 1.29 is 24.2 Å². The van der Waals surface area contributed by atoms with Crippen LogP contribution in [0.3, 0.4) is 0 Å². The number of carbonyl (C=O) groups excluding carboxylic acids is 1. The summed E-state index contributed by atoms with van der Waals surface area (Å²) in [6.45, 7) is 2.00. The van der Waals surface area contributed by atoms with Crippen LogP contribution < -0.4 is 9.47 Å². The number of carbonyl (C=O) groups is 2. The largest absolute Gasteiger partial charge is 0.497 e. The molecular formula is C29H30ClNO5. The molecule has 36 heavy (non-hydrogen) atoms. The van der Waals surface area contributed by atoms with Gasteiger partial charge in [0.05, 0.1) is 7.11 Å². The number of aryl methyl sites for hydroxylation is 1. The molecule has 0 radical (unpaired) electrons. The Balaban J connectivity index is 1.37. The lowest BCUT2D eigenvalue weighted by molar-refractivity contribution is -0.144. The lowest BCUT2D eigenvalue weighted by Gasteiger charge is -2.24. The summed E-state index contributed by atoms with van der Waals surface area (Å²) in [5, 5.41) is 10.0. The van der Waals surface area contributed by atoms with Gasteiger partial charge in [0.15, 0.2) is 0 Å². The average molecular weight is 508 g/mol. The number of hydrogen-bond acceptors (Lipinski definition) is 4. The van der Waals surface area contributed by atoms with Gasteiger partial charge in [-0.25, -0.2) is 0 Å². The van der Waals surface area contributed by atoms with Gasteiger partial charge in [-0.1, -0.05) is 48.0 Å². The van der Waals surface area contributed by atoms with Crippen molar-refractivity contribution in [2.45, 2.75) is 44.8 Å². The van der Waals surface area contributed by atoms with E-state index < -0.39 is 5.97 Å². The molecule has 3 aromatic carbocycles. The molecule has 1 heterocycles. The predicted molar refractivity (Wildman–Crippen MR) is 139 cm³/mol. The fourth-order valence-corrected chi connectivity index (χ4v) is 4.75. The third kappa shape index (κ3) is 6.58. The van der Waals surface area contributed by atoms with Crippen LogP contribution in [0.25, 0.3) is 0 Å². The first kappa shape index (κ1) is 25.6. The quantitative estimate of drug-likeness (QED) is 0.401. The Kier molecular flexibility index (Phi) is 7.85. The fourth-order valence-electron chi connectivity index (χ4n) is 4.62. The van der Waals surface area contributed by atoms with E-state index in [0.717, 1.165) is 40.8 Å². The van der Waals surface area contributed by atoms with Crippen molar-refractivity contribution in [3.63, 3.8) is 0 Å². The molecule has 1 amide bonds. The lowest BCUT2D eigenvalue weighted by Crippen LogP contribution is -2.35. The van der Waals surface area contributed by atoms with Gasteiger partial charge in [0, 0.05) is 30.8 Å². The van der Waals surface area contributed by atoms with Crippen molar-refractivity contribution in [3.05, 3.63) is 94.0 Å². The standard InChI is InChI=1S/C29H30ClNO5/c1-29(16-21-3-9-24(30)10-4-21)17-23-15-20(7-13-26(23)36-29)8-14-27(32)31(19-28(33)34)18-22-5-11-25(35-2)12-6-22/h3-7,9-13,15H,8,14,16-19H2,1-2H3,(H,33,34). The molecule has 1 aliphatic heterocycles. The van der Waals surface area contributed by atoms with E-state index in [1.165, 1.54) is 4.90 Å². The second kappa shape index (κ2) is 11.0. The first-order chi connectivity index (χ1) is 17.2. The molecule has 0 bridgehead atoms. The highest BCUT2D eigenvalue weighted by atomic mass is 35.5. The summed E-state index contributed by atoms with van der Waals surface area (Å²) >= 11 is 6.01. The molecule has 1 unspecified atom stereocenters. The summed E-state index contributed by atoms with van der Waals surface area (Å²) in [5.41, 5.74) is 3.82. The van der Waals surface area contributed by atoms with E-state index in [-0.39, 0.29) is 31.0 Å². The smallest absolute Gasteiger partial charge is 0.323 e. The Labute approximate surface area is 216 Å². The summed E-state index contributed by atoms with van der Waals surface area (Å²) in [6, 6.07) is 21.1. The third-order valence-electron chi connectivity index (χ3n) is 6.38. The highest BCUT2D eigenvalue weighted by molar-refractivity contribution is 6.30. The predicted octanol–water partition coefficient (Wildman–Crippen LogP) is 5.33. The number of rotatable bonds is 10. The van der Waals surface area contributed by atoms with E-state index in [1.54, 1.807) is 19.2 Å². The van der Waals surface area contributed by atoms with Gasteiger partial charge in [-0.2, -0.15) is 0 Å². The van der Waals surface area contributed by atoms with Gasteiger partial charge in [-0.05, 0) is 65.9 Å². The van der Waals surface area contributed by atoms with E-state index in [2.05, 4.69) is 13.0 Å². The fraction of sp³-hybridized carbons (Fsp3) is 0.310. The lowest BCUT2D eigenvalue weighted by atomic mass is 9.91. The van der Waals surface area contributed by atoms with Crippen LogP contribution in [0.2, 0.25) is 5.02 Å². The maximum atomic E-state index is 12.9. The summed E-state index contributed by atoms with van der Waals surface area (Å²) in [6.07, 6.45) is 2.29. The second-order valence-electron chi connectivity index (χ2n) is 9.47. The summed E-state index contributed by atoms with van der Waals surface area (Å²) < 4.78 is 11.5. The van der Waals surface area contributed by atoms with Crippen molar-refractivity contribution in [1.82, 2.24) is 4.90 Å². The molecule has 6 nitrogen and oxygen atoms in total. The molecule has 0 aromatic heterocycles. The number of ether oxygens (including phenoxy) is 2. The van der Waals surface area contributed by atoms with Crippen LogP contribution in [0.15, 0.2) is 66.7 Å². The zero-order chi connectivity index (χ0) is 25.7. The van der Waals surface area contributed by atoms with Gasteiger partial charge in [-0.15, -0.1) is 0 Å². The molecule has 3 aromatic rings. The highest BCUT2D eigenvalue weighted by Crippen LogP contribution is 2.37. The molecule has 1 N–H and O–H groups in total. The molecule has 0 saturated carbocycles. The number of methoxy groups -OCH3 is 1. The molecule has 4 rings (SSSR count). The number of hydrogen-bond donors (Lipinski definition) is 1. The Morgan fingerprint density at radius 3 is 2.36 bits per heavy atom. The molecule has 1 aliphatic rings. The normalized spacial score (nSPS) is 16.2.